The van der Waals surface area contributed by atoms with Crippen LogP contribution >= 0.6 is 0 Å². The van der Waals surface area contributed by atoms with Crippen molar-refractivity contribution in [1.82, 2.24) is 0 Å². The Bertz CT molecular complexity index is 4890. The highest BCUT2D eigenvalue weighted by Gasteiger charge is 2.12. The lowest BCUT2D eigenvalue weighted by Crippen LogP contribution is -1.92. The van der Waals surface area contributed by atoms with Crippen molar-refractivity contribution in [1.29, 1.82) is 0 Å². The molecule has 12 aromatic carbocycles. The first-order valence-electron chi connectivity index (χ1n) is 41.6. The third-order valence-corrected chi connectivity index (χ3v) is 19.6. The zero-order valence-electron chi connectivity index (χ0n) is 72.4. The van der Waals surface area contributed by atoms with E-state index >= 15 is 0 Å². The summed E-state index contributed by atoms with van der Waals surface area (Å²) in [6, 6.07) is 75.8. The molecule has 0 aliphatic rings. The molecule has 0 bridgehead atoms. The van der Waals surface area contributed by atoms with Crippen molar-refractivity contribution in [2.45, 2.75) is 87.5 Å². The molecule has 0 aliphatic heterocycles. The summed E-state index contributed by atoms with van der Waals surface area (Å²) in [7, 11) is 0. The first-order valence-corrected chi connectivity index (χ1v) is 41.6. The van der Waals surface area contributed by atoms with Gasteiger partial charge < -0.3 is 51.1 Å². The number of aromatic hydroxyl groups is 10. The van der Waals surface area contributed by atoms with Crippen molar-refractivity contribution in [2.75, 3.05) is 65.4 Å². The first kappa shape index (κ1) is 95.8. The van der Waals surface area contributed by atoms with E-state index in [1.54, 1.807) is 62.1 Å². The lowest BCUT2D eigenvalue weighted by Gasteiger charge is -2.07. The van der Waals surface area contributed by atoms with Gasteiger partial charge in [-0.3, -0.25) is 49.9 Å². The van der Waals surface area contributed by atoms with Crippen LogP contribution < -0.4 is 0 Å². The Kier molecular flexibility index (Phi) is 40.2. The molecule has 0 heterocycles. The number of phenols is 10. The number of benzene rings is 12. The molecule has 20 heteroatoms. The Morgan fingerprint density at radius 3 is 0.448 bits per heavy atom. The maximum absolute atomic E-state index is 10.6. The van der Waals surface area contributed by atoms with Crippen LogP contribution in [-0.2, 0) is 0 Å². The van der Waals surface area contributed by atoms with E-state index < -0.39 is 0 Å². The largest absolute Gasteiger partial charge is 0.507 e. The normalized spacial score (nSPS) is 11.5. The SMILES string of the molecule is Cc1cccc(C=NCCCN=Cc2cccc(C)c2O)c1O.Cc1cccc(C=NCCCN=Cc2cccc(C)c2O)c1O.Cc1cccc(C=NCCCN=Cc2cccc(C)c2O)c1O.Cc1cccc(C=NCCCN=Cc2cccc(C)c2O)c1O.Oc1c(C=NCCCN=Cc2cccc(-c3ccccc3)c2O)cccc1-c1ccccc1. The lowest BCUT2D eigenvalue weighted by molar-refractivity contribution is 0.470. The average molecular weight is 1680 g/mol. The summed E-state index contributed by atoms with van der Waals surface area (Å²) in [5.41, 5.74) is 17.6. The van der Waals surface area contributed by atoms with Gasteiger partial charge in [0.05, 0.1) is 0 Å². The van der Waals surface area contributed by atoms with Crippen LogP contribution in [0.5, 0.6) is 57.5 Å². The molecule has 0 saturated heterocycles. The molecule has 20 nitrogen and oxygen atoms in total. The number of aryl methyl sites for hydroxylation is 8. The van der Waals surface area contributed by atoms with Crippen LogP contribution in [0.25, 0.3) is 22.3 Å². The van der Waals surface area contributed by atoms with Crippen LogP contribution in [0.15, 0.2) is 293 Å². The van der Waals surface area contributed by atoms with Gasteiger partial charge in [-0.15, -0.1) is 0 Å². The van der Waals surface area contributed by atoms with Crippen LogP contribution in [0.1, 0.15) is 132 Å². The van der Waals surface area contributed by atoms with Crippen LogP contribution in [0.3, 0.4) is 0 Å². The molecule has 0 unspecified atom stereocenters. The fourth-order valence-electron chi connectivity index (χ4n) is 12.2. The second-order valence-corrected chi connectivity index (χ2v) is 29.4. The minimum absolute atomic E-state index is 0.235. The highest BCUT2D eigenvalue weighted by Crippen LogP contribution is 2.34. The molecule has 0 aromatic heterocycles. The summed E-state index contributed by atoms with van der Waals surface area (Å²) >= 11 is 0. The van der Waals surface area contributed by atoms with E-state index in [9.17, 15) is 51.1 Å². The van der Waals surface area contributed by atoms with Gasteiger partial charge in [0.25, 0.3) is 0 Å². The lowest BCUT2D eigenvalue weighted by atomic mass is 10.0. The zero-order valence-corrected chi connectivity index (χ0v) is 72.4. The standard InChI is InChI=1S/C29H26N2O2.4C19H22N2O2/c32-28-24(14-7-16-26(28)22-10-3-1-4-11-22)20-30-18-9-19-31-21-25-15-8-17-27(29(25)33)23-12-5-2-6-13-23;4*1-14-6-3-8-16(18(14)22)12-20-10-5-11-21-13-17-9-4-7-15(2)19(17)23/h1-8,10-17,20-21,32-33H,9,18-19H2;4*3-4,6-9,12-13,22-23H,5,10-11H2,1-2H3. The Morgan fingerprint density at radius 2 is 0.296 bits per heavy atom. The number of aliphatic imine (C=N–C) groups is 10. The van der Waals surface area contributed by atoms with Crippen molar-refractivity contribution in [3.63, 3.8) is 0 Å². The van der Waals surface area contributed by atoms with E-state index in [1.165, 1.54) is 0 Å². The van der Waals surface area contributed by atoms with E-state index in [1.807, 2.05) is 298 Å². The Balaban J connectivity index is 0.000000195. The van der Waals surface area contributed by atoms with Crippen molar-refractivity contribution in [2.24, 2.45) is 49.9 Å². The van der Waals surface area contributed by atoms with Crippen LogP contribution in [0, 0.1) is 55.4 Å². The third kappa shape index (κ3) is 31.7. The molecule has 644 valence electrons. The van der Waals surface area contributed by atoms with Crippen LogP contribution in [-0.4, -0.2) is 179 Å². The van der Waals surface area contributed by atoms with E-state index in [0.717, 1.165) is 143 Å². The van der Waals surface area contributed by atoms with Gasteiger partial charge in [0.15, 0.2) is 0 Å². The topological polar surface area (TPSA) is 326 Å². The Morgan fingerprint density at radius 1 is 0.160 bits per heavy atom. The van der Waals surface area contributed by atoms with Crippen molar-refractivity contribution in [3.8, 4) is 79.7 Å². The van der Waals surface area contributed by atoms with Crippen molar-refractivity contribution >= 4 is 62.1 Å². The second-order valence-electron chi connectivity index (χ2n) is 29.4. The van der Waals surface area contributed by atoms with Crippen molar-refractivity contribution < 1.29 is 51.1 Å². The molecule has 0 atom stereocenters. The maximum Gasteiger partial charge on any atom is 0.132 e. The molecule has 0 radical (unpaired) electrons. The Hall–Kier alpha value is -14.7. The fraction of sp³-hybridized carbons (Fsp3) is 0.219. The van der Waals surface area contributed by atoms with E-state index in [0.29, 0.717) is 76.6 Å². The van der Waals surface area contributed by atoms with Gasteiger partial charge in [0, 0.05) is 194 Å². The fourth-order valence-corrected chi connectivity index (χ4v) is 12.2. The summed E-state index contributed by atoms with van der Waals surface area (Å²) in [5, 5.41) is 100. The van der Waals surface area contributed by atoms with Crippen LogP contribution in [0.4, 0.5) is 0 Å². The van der Waals surface area contributed by atoms with Crippen LogP contribution in [0.2, 0.25) is 0 Å². The number of para-hydroxylation sites is 10. The number of nitrogens with zero attached hydrogens (tertiary/aromatic N) is 10. The van der Waals surface area contributed by atoms with Gasteiger partial charge in [-0.1, -0.05) is 182 Å². The summed E-state index contributed by atoms with van der Waals surface area (Å²) in [6.07, 6.45) is 21.0. The minimum atomic E-state index is 0.235. The predicted octanol–water partition coefficient (Wildman–Crippen LogP) is 20.9. The molecule has 0 fully saturated rings. The molecule has 125 heavy (non-hydrogen) atoms. The van der Waals surface area contributed by atoms with E-state index in [-0.39, 0.29) is 57.5 Å². The van der Waals surface area contributed by atoms with Gasteiger partial charge in [0.2, 0.25) is 0 Å². The quantitative estimate of drug-likeness (QED) is 0.0140. The minimum Gasteiger partial charge on any atom is -0.507 e. The van der Waals surface area contributed by atoms with E-state index in [4.69, 9.17) is 0 Å². The molecule has 0 saturated carbocycles. The highest BCUT2D eigenvalue weighted by molar-refractivity contribution is 5.92. The summed E-state index contributed by atoms with van der Waals surface area (Å²) in [4.78, 5) is 43.4. The molecule has 0 spiro atoms. The van der Waals surface area contributed by atoms with Gasteiger partial charge >= 0.3 is 0 Å². The summed E-state index contributed by atoms with van der Waals surface area (Å²) in [5.74, 6) is 2.72. The highest BCUT2D eigenvalue weighted by atomic mass is 16.3. The van der Waals surface area contributed by atoms with Gasteiger partial charge in [0.1, 0.15) is 57.5 Å². The number of hydrogen-bond acceptors (Lipinski definition) is 20. The molecule has 10 N–H and O–H groups in total. The second kappa shape index (κ2) is 52.5. The van der Waals surface area contributed by atoms with Gasteiger partial charge in [-0.2, -0.15) is 0 Å². The zero-order chi connectivity index (χ0) is 89.5. The Labute approximate surface area is 734 Å². The van der Waals surface area contributed by atoms with Gasteiger partial charge in [-0.05, 0) is 204 Å². The first-order chi connectivity index (χ1) is 60.6. The number of hydrogen-bond donors (Lipinski definition) is 10. The molecule has 12 rings (SSSR count). The third-order valence-electron chi connectivity index (χ3n) is 19.6. The molecule has 0 aliphatic carbocycles. The van der Waals surface area contributed by atoms with Gasteiger partial charge in [-0.25, -0.2) is 0 Å². The predicted molar refractivity (Wildman–Crippen MR) is 518 cm³/mol. The molecule has 12 aromatic rings. The molecular weight excluding hydrogens is 1560 g/mol. The molecular formula is C105H114N10O10. The summed E-state index contributed by atoms with van der Waals surface area (Å²) < 4.78 is 0. The van der Waals surface area contributed by atoms with E-state index in [2.05, 4.69) is 49.9 Å². The smallest absolute Gasteiger partial charge is 0.132 e. The van der Waals surface area contributed by atoms with Crippen molar-refractivity contribution in [3.05, 3.63) is 343 Å². The number of rotatable bonds is 32. The number of phenolic OH excluding ortho intramolecular Hbond substituents is 10. The average Bonchev–Trinajstić information content (AvgIpc) is 0.829. The maximum atomic E-state index is 10.6. The monoisotopic (exact) mass is 1670 g/mol. The molecule has 0 amide bonds. The summed E-state index contributed by atoms with van der Waals surface area (Å²) in [6.45, 7) is 21.3.